The van der Waals surface area contributed by atoms with Gasteiger partial charge in [0.1, 0.15) is 17.7 Å². The predicted molar refractivity (Wildman–Crippen MR) is 284 cm³/mol. The molecular weight excluding hydrogens is 859 g/mol. The maximum Gasteiger partial charge on any atom is 0.346 e. The summed E-state index contributed by atoms with van der Waals surface area (Å²) in [4.78, 5) is 15.0. The van der Waals surface area contributed by atoms with Gasteiger partial charge in [-0.1, -0.05) is 143 Å². The van der Waals surface area contributed by atoms with Gasteiger partial charge in [-0.25, -0.2) is 4.79 Å². The molecule has 1 aliphatic carbocycles. The number of hydrogen-bond donors (Lipinski definition) is 1. The molecule has 342 valence electrons. The first-order valence-corrected chi connectivity index (χ1v) is 25.8. The molecule has 0 bridgehead atoms. The number of thiophene rings is 2. The number of benzene rings is 4. The number of unbranched alkanes of at least 4 members (excludes halogenated alkanes) is 6. The van der Waals surface area contributed by atoms with Crippen molar-refractivity contribution in [2.45, 2.75) is 136 Å². The Hall–Kier alpha value is -5.99. The van der Waals surface area contributed by atoms with E-state index in [1.54, 1.807) is 17.4 Å². The molecule has 1 aliphatic rings. The van der Waals surface area contributed by atoms with Crippen LogP contribution in [-0.2, 0) is 21.0 Å². The van der Waals surface area contributed by atoms with Gasteiger partial charge in [-0.15, -0.1) is 22.7 Å². The minimum Gasteiger partial charge on any atom is -0.477 e. The third kappa shape index (κ3) is 9.47. The lowest BCUT2D eigenvalue weighted by molar-refractivity contribution is -0.132. The van der Waals surface area contributed by atoms with Crippen LogP contribution in [0.4, 0.5) is 0 Å². The van der Waals surface area contributed by atoms with Crippen molar-refractivity contribution < 1.29 is 9.90 Å². The van der Waals surface area contributed by atoms with Crippen LogP contribution in [0.15, 0.2) is 103 Å². The Kier molecular flexibility index (Phi) is 13.7. The maximum atomic E-state index is 11.4. The molecule has 0 saturated heterocycles. The number of carbonyl (C=O) groups is 1. The van der Waals surface area contributed by atoms with Crippen molar-refractivity contribution in [2.24, 2.45) is 0 Å². The lowest BCUT2D eigenvalue weighted by Crippen LogP contribution is -2.26. The number of nitrogens with zero attached hydrogens (tertiary/aromatic N) is 3. The topological polar surface area (TPSA) is 89.8 Å². The molecule has 1 N–H and O–H groups in total. The minimum atomic E-state index is -1.24. The zero-order valence-corrected chi connectivity index (χ0v) is 42.1. The van der Waals surface area contributed by atoms with Gasteiger partial charge < -0.3 is 9.67 Å². The number of allylic oxidation sites excluding steroid dienone is 1. The molecule has 4 aromatic carbocycles. The van der Waals surface area contributed by atoms with E-state index in [1.165, 1.54) is 117 Å². The van der Waals surface area contributed by atoms with Gasteiger partial charge in [-0.2, -0.15) is 10.5 Å². The monoisotopic (exact) mass is 921 g/mol. The van der Waals surface area contributed by atoms with E-state index in [0.29, 0.717) is 10.5 Å². The fraction of sp³-hybridized carbons (Fsp3) is 0.350. The second-order valence-corrected chi connectivity index (χ2v) is 22.7. The Morgan fingerprint density at radius 2 is 1.21 bits per heavy atom. The van der Waals surface area contributed by atoms with Crippen molar-refractivity contribution in [2.75, 3.05) is 0 Å². The highest BCUT2D eigenvalue weighted by molar-refractivity contribution is 7.23. The number of carboxylic acid groups (broad SMARTS) is 1. The SMILES string of the molecule is CCCCCCC1(CCCCCC)c2cc(/C=C(\C#N)c3ccc(-c4ccc(/C=C(/C#N)C(=O)O)s4)s3)ccc2-c2ccc(-n3c4ccc(C(C)(C)C)cc4c4cc(C(C)(C)C)ccc43)cc21. The Morgan fingerprint density at radius 3 is 1.76 bits per heavy atom. The highest BCUT2D eigenvalue weighted by atomic mass is 32.1. The van der Waals surface area contributed by atoms with Gasteiger partial charge in [-0.05, 0) is 135 Å². The predicted octanol–water partition coefficient (Wildman–Crippen LogP) is 17.4. The molecule has 67 heavy (non-hydrogen) atoms. The van der Waals surface area contributed by atoms with Crippen LogP contribution in [0.1, 0.15) is 157 Å². The molecule has 3 aromatic heterocycles. The summed E-state index contributed by atoms with van der Waals surface area (Å²) >= 11 is 2.98. The standard InChI is InChI=1S/C60H63N3O2S2/c1-9-11-13-15-29-60(30-16-14-12-10-2)50-32-39(31-40(37-61)54-27-28-56(67-54)55-26-21-45(66-55)33-41(38-62)57(64)65)17-22-46(50)47-23-20-44(36-51(47)60)63-52-24-18-42(58(3,4)5)34-48(52)49-35-43(59(6,7)8)19-25-53(49)63/h17-28,31-36H,9-16,29-30H2,1-8H3,(H,64,65)/b40-31+,41-33-. The summed E-state index contributed by atoms with van der Waals surface area (Å²) < 4.78 is 2.52. The molecule has 7 aromatic rings. The van der Waals surface area contributed by atoms with E-state index >= 15 is 0 Å². The minimum absolute atomic E-state index is 0.0244. The number of carboxylic acids is 1. The highest BCUT2D eigenvalue weighted by Gasteiger charge is 2.43. The van der Waals surface area contributed by atoms with Crippen LogP contribution in [0.5, 0.6) is 0 Å². The summed E-state index contributed by atoms with van der Waals surface area (Å²) in [6, 6.07) is 40.5. The van der Waals surface area contributed by atoms with Crippen molar-refractivity contribution in [3.63, 3.8) is 0 Å². The van der Waals surface area contributed by atoms with E-state index in [-0.39, 0.29) is 21.8 Å². The van der Waals surface area contributed by atoms with Crippen LogP contribution < -0.4 is 0 Å². The number of fused-ring (bicyclic) bond motifs is 6. The Labute approximate surface area is 405 Å². The van der Waals surface area contributed by atoms with Gasteiger partial charge >= 0.3 is 5.97 Å². The summed E-state index contributed by atoms with van der Waals surface area (Å²) in [5.74, 6) is -1.24. The van der Waals surface area contributed by atoms with E-state index in [2.05, 4.69) is 139 Å². The number of aliphatic carboxylic acids is 1. The first-order chi connectivity index (χ1) is 32.1. The summed E-state index contributed by atoms with van der Waals surface area (Å²) in [6.45, 7) is 18.4. The van der Waals surface area contributed by atoms with Crippen LogP contribution >= 0.6 is 22.7 Å². The second kappa shape index (κ2) is 19.3. The van der Waals surface area contributed by atoms with Gasteiger partial charge in [0.25, 0.3) is 0 Å². The molecule has 0 radical (unpaired) electrons. The van der Waals surface area contributed by atoms with Gasteiger partial charge in [0.15, 0.2) is 0 Å². The summed E-state index contributed by atoms with van der Waals surface area (Å²) in [6.07, 6.45) is 15.2. The first-order valence-electron chi connectivity index (χ1n) is 24.2. The molecule has 0 aliphatic heterocycles. The Balaban J connectivity index is 1.25. The quantitative estimate of drug-likeness (QED) is 0.0594. The molecule has 0 unspecified atom stereocenters. The van der Waals surface area contributed by atoms with E-state index in [0.717, 1.165) is 45.9 Å². The van der Waals surface area contributed by atoms with E-state index in [1.807, 2.05) is 30.3 Å². The van der Waals surface area contributed by atoms with Crippen molar-refractivity contribution in [3.05, 3.63) is 140 Å². The largest absolute Gasteiger partial charge is 0.477 e. The van der Waals surface area contributed by atoms with Crippen LogP contribution in [0.3, 0.4) is 0 Å². The molecule has 0 atom stereocenters. The molecule has 0 amide bonds. The average molecular weight is 922 g/mol. The van der Waals surface area contributed by atoms with Crippen molar-refractivity contribution in [3.8, 4) is 38.7 Å². The second-order valence-electron chi connectivity index (χ2n) is 20.5. The van der Waals surface area contributed by atoms with Crippen molar-refractivity contribution in [1.29, 1.82) is 10.5 Å². The highest BCUT2D eigenvalue weighted by Crippen LogP contribution is 2.55. The summed E-state index contributed by atoms with van der Waals surface area (Å²) in [7, 11) is 0. The van der Waals surface area contributed by atoms with Gasteiger partial charge in [0.05, 0.1) is 16.6 Å². The molecule has 0 saturated carbocycles. The Bertz CT molecular complexity index is 3060. The number of aromatic nitrogens is 1. The van der Waals surface area contributed by atoms with E-state index in [4.69, 9.17) is 0 Å². The average Bonchev–Trinajstić information content (AvgIpc) is 4.10. The number of nitriles is 2. The lowest BCUT2D eigenvalue weighted by atomic mass is 9.70. The maximum absolute atomic E-state index is 11.4. The molecule has 7 heteroatoms. The third-order valence-electron chi connectivity index (χ3n) is 13.8. The Morgan fingerprint density at radius 1 is 0.642 bits per heavy atom. The van der Waals surface area contributed by atoms with Crippen molar-refractivity contribution >= 4 is 68.2 Å². The number of hydrogen-bond acceptors (Lipinski definition) is 5. The fourth-order valence-corrected chi connectivity index (χ4v) is 12.1. The zero-order chi connectivity index (χ0) is 47.7. The molecule has 3 heterocycles. The third-order valence-corrected chi connectivity index (χ3v) is 16.2. The smallest absolute Gasteiger partial charge is 0.346 e. The zero-order valence-electron chi connectivity index (χ0n) is 40.5. The van der Waals surface area contributed by atoms with Gasteiger partial charge in [-0.3, -0.25) is 0 Å². The molecule has 8 rings (SSSR count). The molecule has 0 spiro atoms. The van der Waals surface area contributed by atoms with Gasteiger partial charge in [0.2, 0.25) is 0 Å². The normalized spacial score (nSPS) is 13.8. The fourth-order valence-electron chi connectivity index (χ4n) is 10.1. The lowest BCUT2D eigenvalue weighted by Gasteiger charge is -2.33. The van der Waals surface area contributed by atoms with E-state index in [9.17, 15) is 20.4 Å². The van der Waals surface area contributed by atoms with Crippen LogP contribution in [0.2, 0.25) is 0 Å². The number of rotatable bonds is 16. The molecule has 5 nitrogen and oxygen atoms in total. The van der Waals surface area contributed by atoms with Gasteiger partial charge in [0, 0.05) is 41.4 Å². The van der Waals surface area contributed by atoms with Crippen LogP contribution in [0.25, 0.3) is 66.1 Å². The summed E-state index contributed by atoms with van der Waals surface area (Å²) in [5, 5.41) is 31.9. The molecular formula is C60H63N3O2S2. The first kappa shape index (κ1) is 47.5. The van der Waals surface area contributed by atoms with Crippen LogP contribution in [-0.4, -0.2) is 15.6 Å². The van der Waals surface area contributed by atoms with Crippen molar-refractivity contribution in [1.82, 2.24) is 4.57 Å². The van der Waals surface area contributed by atoms with Crippen LogP contribution in [0, 0.1) is 22.7 Å². The van der Waals surface area contributed by atoms with E-state index < -0.39 is 5.97 Å². The molecule has 0 fully saturated rings. The summed E-state index contributed by atoms with van der Waals surface area (Å²) in [5.41, 5.74) is 13.0.